The molecule has 0 radical (unpaired) electrons. The van der Waals surface area contributed by atoms with E-state index in [0.29, 0.717) is 6.54 Å². The van der Waals surface area contributed by atoms with Crippen LogP contribution in [0.4, 0.5) is 11.4 Å². The van der Waals surface area contributed by atoms with Crippen molar-refractivity contribution >= 4 is 33.2 Å². The number of carbonyl (C=O) groups is 1. The normalized spacial score (nSPS) is 14.6. The highest BCUT2D eigenvalue weighted by molar-refractivity contribution is 9.10. The van der Waals surface area contributed by atoms with Gasteiger partial charge in [-0.25, -0.2) is 0 Å². The van der Waals surface area contributed by atoms with E-state index in [1.165, 1.54) is 0 Å². The largest absolute Gasteiger partial charge is 0.374 e. The Labute approximate surface area is 78.3 Å². The third-order valence-corrected chi connectivity index (χ3v) is 2.37. The molecule has 0 aromatic heterocycles. The maximum atomic E-state index is 10.9. The van der Waals surface area contributed by atoms with E-state index >= 15 is 0 Å². The minimum absolute atomic E-state index is 0.000556. The van der Waals surface area contributed by atoms with Crippen molar-refractivity contribution in [2.24, 2.45) is 0 Å². The summed E-state index contributed by atoms with van der Waals surface area (Å²) in [5.41, 5.74) is 1.79. The summed E-state index contributed by atoms with van der Waals surface area (Å²) >= 11 is 3.39. The second kappa shape index (κ2) is 2.79. The molecule has 0 atom stereocenters. The van der Waals surface area contributed by atoms with Gasteiger partial charge in [0.15, 0.2) is 0 Å². The second-order valence-corrected chi connectivity index (χ2v) is 3.42. The molecule has 0 fully saturated rings. The molecule has 12 heavy (non-hydrogen) atoms. The molecule has 1 aliphatic heterocycles. The molecule has 62 valence electrons. The summed E-state index contributed by atoms with van der Waals surface area (Å²) < 4.78 is 0.972. The van der Waals surface area contributed by atoms with Crippen LogP contribution >= 0.6 is 15.9 Å². The molecule has 0 spiro atoms. The summed E-state index contributed by atoms with van der Waals surface area (Å²) in [4.78, 5) is 10.9. The van der Waals surface area contributed by atoms with Crippen molar-refractivity contribution in [1.82, 2.24) is 0 Å². The van der Waals surface area contributed by atoms with Gasteiger partial charge in [-0.3, -0.25) is 4.79 Å². The van der Waals surface area contributed by atoms with Crippen LogP contribution in [0.3, 0.4) is 0 Å². The van der Waals surface area contributed by atoms with Crippen LogP contribution < -0.4 is 10.6 Å². The van der Waals surface area contributed by atoms with Crippen LogP contribution in [0.2, 0.25) is 0 Å². The molecule has 1 aromatic rings. The summed E-state index contributed by atoms with van der Waals surface area (Å²) in [6.07, 6.45) is 0. The number of rotatable bonds is 0. The zero-order valence-electron chi connectivity index (χ0n) is 6.23. The minimum atomic E-state index is 0.000556. The zero-order valence-corrected chi connectivity index (χ0v) is 7.81. The second-order valence-electron chi connectivity index (χ2n) is 2.56. The van der Waals surface area contributed by atoms with Gasteiger partial charge in [0.25, 0.3) is 0 Å². The van der Waals surface area contributed by atoms with E-state index in [1.807, 2.05) is 18.2 Å². The molecule has 4 heteroatoms. The number of hydrogen-bond donors (Lipinski definition) is 2. The summed E-state index contributed by atoms with van der Waals surface area (Å²) in [6.45, 7) is 0.343. The van der Waals surface area contributed by atoms with Gasteiger partial charge in [-0.15, -0.1) is 0 Å². The standard InChI is InChI=1S/C8H7BrN2O/c9-5-2-1-3-6-8(5)10-4-7(12)11-6/h1-3,10H,4H2,(H,11,12). The third-order valence-electron chi connectivity index (χ3n) is 1.71. The van der Waals surface area contributed by atoms with Crippen LogP contribution in [0.5, 0.6) is 0 Å². The fraction of sp³-hybridized carbons (Fsp3) is 0.125. The van der Waals surface area contributed by atoms with Crippen LogP contribution in [0.15, 0.2) is 22.7 Å². The predicted molar refractivity (Wildman–Crippen MR) is 51.3 cm³/mol. The molecular weight excluding hydrogens is 220 g/mol. The first-order valence-electron chi connectivity index (χ1n) is 3.59. The Bertz CT molecular complexity index is 338. The number of anilines is 2. The lowest BCUT2D eigenvalue weighted by Gasteiger charge is -2.19. The van der Waals surface area contributed by atoms with Gasteiger partial charge in [-0.1, -0.05) is 6.07 Å². The monoisotopic (exact) mass is 226 g/mol. The van der Waals surface area contributed by atoms with Crippen molar-refractivity contribution in [3.05, 3.63) is 22.7 Å². The Morgan fingerprint density at radius 2 is 2.25 bits per heavy atom. The highest BCUT2D eigenvalue weighted by Gasteiger charge is 2.14. The molecule has 2 rings (SSSR count). The topological polar surface area (TPSA) is 41.1 Å². The van der Waals surface area contributed by atoms with E-state index in [9.17, 15) is 4.79 Å². The van der Waals surface area contributed by atoms with E-state index in [0.717, 1.165) is 15.8 Å². The smallest absolute Gasteiger partial charge is 0.243 e. The summed E-state index contributed by atoms with van der Waals surface area (Å²) in [5, 5.41) is 5.79. The predicted octanol–water partition coefficient (Wildman–Crippen LogP) is 1.81. The Hall–Kier alpha value is -1.03. The minimum Gasteiger partial charge on any atom is -0.374 e. The van der Waals surface area contributed by atoms with Gasteiger partial charge in [0.2, 0.25) is 5.91 Å². The van der Waals surface area contributed by atoms with Crippen LogP contribution in [-0.4, -0.2) is 12.5 Å². The van der Waals surface area contributed by atoms with E-state index in [4.69, 9.17) is 0 Å². The average molecular weight is 227 g/mol. The Kier molecular flexibility index (Phi) is 1.77. The van der Waals surface area contributed by atoms with Gasteiger partial charge in [0.05, 0.1) is 17.9 Å². The number of hydrogen-bond acceptors (Lipinski definition) is 2. The average Bonchev–Trinajstić information content (AvgIpc) is 2.04. The highest BCUT2D eigenvalue weighted by atomic mass is 79.9. The van der Waals surface area contributed by atoms with Crippen LogP contribution in [0.1, 0.15) is 0 Å². The maximum Gasteiger partial charge on any atom is 0.243 e. The number of halogens is 1. The molecule has 0 bridgehead atoms. The Balaban J connectivity index is 2.48. The summed E-state index contributed by atoms with van der Waals surface area (Å²) in [6, 6.07) is 5.68. The highest BCUT2D eigenvalue weighted by Crippen LogP contribution is 2.31. The van der Waals surface area contributed by atoms with Crippen LogP contribution in [0.25, 0.3) is 0 Å². The molecule has 0 saturated heterocycles. The first kappa shape index (κ1) is 7.61. The SMILES string of the molecule is O=C1CNc2c(Br)cccc2N1. The summed E-state index contributed by atoms with van der Waals surface area (Å²) in [7, 11) is 0. The summed E-state index contributed by atoms with van der Waals surface area (Å²) in [5.74, 6) is 0.000556. The lowest BCUT2D eigenvalue weighted by molar-refractivity contribution is -0.114. The van der Waals surface area contributed by atoms with Crippen LogP contribution in [-0.2, 0) is 4.79 Å². The number of carbonyl (C=O) groups excluding carboxylic acids is 1. The van der Waals surface area contributed by atoms with Gasteiger partial charge in [0, 0.05) is 4.47 Å². The van der Waals surface area contributed by atoms with Crippen molar-refractivity contribution in [2.45, 2.75) is 0 Å². The van der Waals surface area contributed by atoms with E-state index in [2.05, 4.69) is 26.6 Å². The molecule has 1 heterocycles. The lowest BCUT2D eigenvalue weighted by atomic mass is 10.2. The van der Waals surface area contributed by atoms with E-state index in [1.54, 1.807) is 0 Å². The number of amides is 1. The number of fused-ring (bicyclic) bond motifs is 1. The molecular formula is C8H7BrN2O. The van der Waals surface area contributed by atoms with Crippen LogP contribution in [0, 0.1) is 0 Å². The van der Waals surface area contributed by atoms with E-state index in [-0.39, 0.29) is 5.91 Å². The molecule has 0 aliphatic carbocycles. The Morgan fingerprint density at radius 3 is 3.08 bits per heavy atom. The third kappa shape index (κ3) is 1.18. The zero-order chi connectivity index (χ0) is 8.55. The molecule has 1 aromatic carbocycles. The fourth-order valence-electron chi connectivity index (χ4n) is 1.17. The molecule has 0 unspecified atom stereocenters. The number of benzene rings is 1. The van der Waals surface area contributed by atoms with Crippen molar-refractivity contribution in [1.29, 1.82) is 0 Å². The molecule has 3 nitrogen and oxygen atoms in total. The fourth-order valence-corrected chi connectivity index (χ4v) is 1.68. The quantitative estimate of drug-likeness (QED) is 0.709. The van der Waals surface area contributed by atoms with Gasteiger partial charge < -0.3 is 10.6 Å². The lowest BCUT2D eigenvalue weighted by Crippen LogP contribution is -2.27. The van der Waals surface area contributed by atoms with Gasteiger partial charge in [-0.2, -0.15) is 0 Å². The van der Waals surface area contributed by atoms with Crippen molar-refractivity contribution in [2.75, 3.05) is 17.2 Å². The maximum absolute atomic E-state index is 10.9. The van der Waals surface area contributed by atoms with Gasteiger partial charge in [0.1, 0.15) is 0 Å². The molecule has 1 amide bonds. The Morgan fingerprint density at radius 1 is 1.42 bits per heavy atom. The van der Waals surface area contributed by atoms with Crippen molar-refractivity contribution in [3.63, 3.8) is 0 Å². The number of nitrogens with one attached hydrogen (secondary N) is 2. The van der Waals surface area contributed by atoms with Crippen molar-refractivity contribution in [3.8, 4) is 0 Å². The van der Waals surface area contributed by atoms with Crippen molar-refractivity contribution < 1.29 is 4.79 Å². The molecule has 1 aliphatic rings. The van der Waals surface area contributed by atoms with E-state index < -0.39 is 0 Å². The van der Waals surface area contributed by atoms with Gasteiger partial charge in [-0.05, 0) is 28.1 Å². The van der Waals surface area contributed by atoms with Gasteiger partial charge >= 0.3 is 0 Å². The molecule has 2 N–H and O–H groups in total. The number of para-hydroxylation sites is 1. The molecule has 0 saturated carbocycles. The first-order chi connectivity index (χ1) is 5.77. The first-order valence-corrected chi connectivity index (χ1v) is 4.39.